The monoisotopic (exact) mass is 619 g/mol. The number of likely N-dealkylation sites (tertiary alicyclic amines) is 1. The van der Waals surface area contributed by atoms with Gasteiger partial charge in [0.2, 0.25) is 0 Å². The molecule has 0 bridgehead atoms. The van der Waals surface area contributed by atoms with Gasteiger partial charge in [-0.15, -0.1) is 0 Å². The average molecular weight is 619 g/mol. The third-order valence-corrected chi connectivity index (χ3v) is 7.11. The van der Waals surface area contributed by atoms with Gasteiger partial charge in [0.25, 0.3) is 0 Å². The van der Waals surface area contributed by atoms with E-state index in [4.69, 9.17) is 3.07 Å². The molecule has 0 aromatic heterocycles. The number of rotatable bonds is 10. The van der Waals surface area contributed by atoms with Crippen LogP contribution in [-0.4, -0.2) is 31.9 Å². The van der Waals surface area contributed by atoms with E-state index in [-0.39, 0.29) is 11.2 Å². The van der Waals surface area contributed by atoms with E-state index in [1.54, 1.807) is 18.2 Å². The van der Waals surface area contributed by atoms with E-state index >= 15 is 0 Å². The van der Waals surface area contributed by atoms with Crippen LogP contribution in [0.5, 0.6) is 11.5 Å². The van der Waals surface area contributed by atoms with E-state index in [1.165, 1.54) is 12.1 Å². The molecule has 5 nitrogen and oxygen atoms in total. The largest absolute Gasteiger partial charge is 0.534 e. The molecular weight excluding hydrogens is 594 g/mol. The maximum absolute atomic E-state index is 12.6. The summed E-state index contributed by atoms with van der Waals surface area (Å²) in [6.45, 7) is 7.27. The van der Waals surface area contributed by atoms with Gasteiger partial charge < -0.3 is 12.1 Å². The minimum atomic E-state index is -5.70. The molecule has 0 saturated carbocycles. The van der Waals surface area contributed by atoms with Crippen molar-refractivity contribution in [2.24, 2.45) is 5.41 Å². The summed E-state index contributed by atoms with van der Waals surface area (Å²) in [5.74, 6) is 0.376. The van der Waals surface area contributed by atoms with Crippen molar-refractivity contribution < 1.29 is 28.8 Å². The first-order valence-corrected chi connectivity index (χ1v) is 13.0. The van der Waals surface area contributed by atoms with E-state index in [0.29, 0.717) is 6.42 Å². The Morgan fingerprint density at radius 2 is 1.57 bits per heavy atom. The smallest absolute Gasteiger partial charge is 0.428 e. The average Bonchev–Trinajstić information content (AvgIpc) is 2.78. The first-order valence-electron chi connectivity index (χ1n) is 10.7. The van der Waals surface area contributed by atoms with Gasteiger partial charge in [-0.2, -0.15) is 21.6 Å². The van der Waals surface area contributed by atoms with Gasteiger partial charge >= 0.3 is 15.6 Å². The van der Waals surface area contributed by atoms with Gasteiger partial charge in [-0.3, -0.25) is 0 Å². The highest BCUT2D eigenvalue weighted by molar-refractivity contribution is 14.1. The summed E-state index contributed by atoms with van der Waals surface area (Å²) in [4.78, 5) is 2.25. The quantitative estimate of drug-likeness (QED) is 0.134. The van der Waals surface area contributed by atoms with Crippen LogP contribution in [0.2, 0.25) is 0 Å². The number of alkyl halides is 3. The molecule has 0 radical (unpaired) electrons. The van der Waals surface area contributed by atoms with Gasteiger partial charge in [0.1, 0.15) is 11.5 Å². The second-order valence-corrected chi connectivity index (χ2v) is 10.4. The molecule has 1 heterocycles. The van der Waals surface area contributed by atoms with Gasteiger partial charge in [0, 0.05) is 24.2 Å². The number of hydrogen-bond acceptors (Lipinski definition) is 5. The molecule has 1 aliphatic rings. The van der Waals surface area contributed by atoms with E-state index in [0.717, 1.165) is 42.1 Å². The molecule has 2 aromatic rings. The second-order valence-electron chi connectivity index (χ2n) is 8.39. The molecule has 0 unspecified atom stereocenters. The highest BCUT2D eigenvalue weighted by Gasteiger charge is 2.48. The van der Waals surface area contributed by atoms with Crippen LogP contribution in [0, 0.1) is 5.41 Å². The Labute approximate surface area is 217 Å². The lowest BCUT2D eigenvalue weighted by atomic mass is 9.70. The Morgan fingerprint density at radius 1 is 1.06 bits per heavy atom. The summed E-state index contributed by atoms with van der Waals surface area (Å²) in [6.07, 6.45) is 9.10. The standard InChI is InChI=1S/C25H25F3INO4S/c1-3-5-21(6-4-2)30-17-24(18-30,15-19-7-11-22(33-29)12-8-19)16-20-9-13-23(14-10-20)34-35(31,32)25(26,27)28/h3-14H,1,15-18H2,2H3/b6-4-,21-5+. The molecule has 1 fully saturated rings. The van der Waals surface area contributed by atoms with Crippen molar-refractivity contribution in [1.29, 1.82) is 0 Å². The third kappa shape index (κ3) is 6.81. The Kier molecular flexibility index (Phi) is 8.58. The van der Waals surface area contributed by atoms with Crippen molar-refractivity contribution in [1.82, 2.24) is 4.90 Å². The maximum atomic E-state index is 12.6. The van der Waals surface area contributed by atoms with Crippen molar-refractivity contribution in [2.45, 2.75) is 25.3 Å². The predicted molar refractivity (Wildman–Crippen MR) is 138 cm³/mol. The van der Waals surface area contributed by atoms with Gasteiger partial charge in [0.15, 0.2) is 23.0 Å². The van der Waals surface area contributed by atoms with Crippen LogP contribution in [0.25, 0.3) is 0 Å². The number of nitrogens with zero attached hydrogens (tertiary/aromatic N) is 1. The Morgan fingerprint density at radius 3 is 2.00 bits per heavy atom. The molecule has 188 valence electrons. The molecule has 1 saturated heterocycles. The molecule has 0 atom stereocenters. The summed E-state index contributed by atoms with van der Waals surface area (Å²) in [5.41, 5.74) is -2.55. The van der Waals surface area contributed by atoms with Crippen LogP contribution in [-0.2, 0) is 23.0 Å². The van der Waals surface area contributed by atoms with Crippen molar-refractivity contribution >= 4 is 33.1 Å². The summed E-state index contributed by atoms with van der Waals surface area (Å²) in [7, 11) is -5.70. The molecule has 0 aliphatic carbocycles. The minimum Gasteiger partial charge on any atom is -0.428 e. The number of allylic oxidation sites excluding steroid dienone is 4. The van der Waals surface area contributed by atoms with E-state index in [1.807, 2.05) is 72.4 Å². The Hall–Kier alpha value is -2.47. The fourth-order valence-electron chi connectivity index (χ4n) is 4.15. The van der Waals surface area contributed by atoms with E-state index < -0.39 is 15.6 Å². The minimum absolute atomic E-state index is 0.130. The number of halogens is 4. The Balaban J connectivity index is 1.81. The van der Waals surface area contributed by atoms with Gasteiger partial charge in [-0.25, -0.2) is 0 Å². The maximum Gasteiger partial charge on any atom is 0.534 e. The summed E-state index contributed by atoms with van der Waals surface area (Å²) in [5, 5.41) is 0. The van der Waals surface area contributed by atoms with Crippen molar-refractivity contribution in [3.63, 3.8) is 0 Å². The van der Waals surface area contributed by atoms with Gasteiger partial charge in [0.05, 0.1) is 0 Å². The highest BCUT2D eigenvalue weighted by atomic mass is 127. The lowest BCUT2D eigenvalue weighted by Gasteiger charge is -2.52. The normalized spacial score (nSPS) is 16.1. The SMILES string of the molecule is C=C/C=C(\C=C/C)N1CC(Cc2ccc(OI)cc2)(Cc2ccc(OS(=O)(=O)C(F)(F)F)cc2)C1. The van der Waals surface area contributed by atoms with Crippen LogP contribution in [0.15, 0.2) is 85.1 Å². The molecule has 0 amide bonds. The zero-order valence-corrected chi connectivity index (χ0v) is 21.9. The van der Waals surface area contributed by atoms with E-state index in [2.05, 4.69) is 15.7 Å². The topological polar surface area (TPSA) is 55.8 Å². The van der Waals surface area contributed by atoms with Crippen LogP contribution >= 0.6 is 23.0 Å². The lowest BCUT2D eigenvalue weighted by molar-refractivity contribution is -0.0500. The molecule has 3 rings (SSSR count). The molecule has 0 N–H and O–H groups in total. The number of benzene rings is 2. The first kappa shape index (κ1) is 27.1. The van der Waals surface area contributed by atoms with Crippen LogP contribution in [0.3, 0.4) is 0 Å². The van der Waals surface area contributed by atoms with Crippen LogP contribution in [0.1, 0.15) is 18.1 Å². The molecule has 35 heavy (non-hydrogen) atoms. The van der Waals surface area contributed by atoms with Gasteiger partial charge in [-0.1, -0.05) is 43.0 Å². The lowest BCUT2D eigenvalue weighted by Crippen LogP contribution is -2.57. The van der Waals surface area contributed by atoms with Crippen molar-refractivity contribution in [3.05, 3.63) is 96.2 Å². The zero-order valence-electron chi connectivity index (χ0n) is 19.0. The molecule has 1 aliphatic heterocycles. The number of hydrogen-bond donors (Lipinski definition) is 0. The molecule has 0 spiro atoms. The fraction of sp³-hybridized carbons (Fsp3) is 0.280. The summed E-state index contributed by atoms with van der Waals surface area (Å²) >= 11 is 1.83. The molecule has 2 aromatic carbocycles. The Bertz CT molecular complexity index is 1180. The van der Waals surface area contributed by atoms with E-state index in [9.17, 15) is 21.6 Å². The molecular formula is C25H25F3INO4S. The first-order chi connectivity index (χ1) is 16.5. The fourth-order valence-corrected chi connectivity index (χ4v) is 4.90. The van der Waals surface area contributed by atoms with Crippen molar-refractivity contribution in [2.75, 3.05) is 13.1 Å². The van der Waals surface area contributed by atoms with Gasteiger partial charge in [-0.05, 0) is 67.3 Å². The predicted octanol–water partition coefficient (Wildman–Crippen LogP) is 6.38. The highest BCUT2D eigenvalue weighted by Crippen LogP contribution is 2.40. The van der Waals surface area contributed by atoms with Crippen molar-refractivity contribution in [3.8, 4) is 11.5 Å². The summed E-state index contributed by atoms with van der Waals surface area (Å²) in [6, 6.07) is 13.5. The summed E-state index contributed by atoms with van der Waals surface area (Å²) < 4.78 is 69.8. The second kappa shape index (κ2) is 11.1. The molecule has 10 heteroatoms. The van der Waals surface area contributed by atoms with Crippen LogP contribution in [0.4, 0.5) is 13.2 Å². The third-order valence-electron chi connectivity index (χ3n) is 5.63. The zero-order chi connectivity index (χ0) is 25.7. The van der Waals surface area contributed by atoms with Crippen LogP contribution < -0.4 is 7.25 Å².